The highest BCUT2D eigenvalue weighted by Crippen LogP contribution is 2.20. The lowest BCUT2D eigenvalue weighted by Crippen LogP contribution is -2.51. The normalized spacial score (nSPS) is 11.5. The number of carbonyl (C=O) groups excluding carboxylic acids is 1. The van der Waals surface area contributed by atoms with Crippen LogP contribution in [0.25, 0.3) is 0 Å². The first-order chi connectivity index (χ1) is 20.3. The van der Waals surface area contributed by atoms with Gasteiger partial charge in [0.05, 0.1) is 26.2 Å². The molecule has 0 saturated heterocycles. The summed E-state index contributed by atoms with van der Waals surface area (Å²) in [6, 6.07) is 0. The number of carbonyl (C=O) groups is 3. The molecule has 0 aliphatic carbocycles. The van der Waals surface area contributed by atoms with E-state index in [-0.39, 0.29) is 19.3 Å². The molecule has 0 saturated carbocycles. The molecule has 0 aliphatic heterocycles. The van der Waals surface area contributed by atoms with Crippen molar-refractivity contribution in [1.29, 1.82) is 0 Å². The van der Waals surface area contributed by atoms with Crippen LogP contribution in [-0.2, 0) is 14.4 Å². The fraction of sp³-hybridized carbons (Fsp3) is 0.857. The van der Waals surface area contributed by atoms with Crippen molar-refractivity contribution in [1.82, 2.24) is 0 Å². The second-order valence-electron chi connectivity index (χ2n) is 12.5. The molecule has 0 fully saturated rings. The first-order valence-electron chi connectivity index (χ1n) is 17.4. The van der Waals surface area contributed by atoms with E-state index in [9.17, 15) is 19.5 Å². The molecule has 42 heavy (non-hydrogen) atoms. The Balaban J connectivity index is 4.29. The van der Waals surface area contributed by atoms with E-state index in [1.54, 1.807) is 0 Å². The van der Waals surface area contributed by atoms with Gasteiger partial charge in [0.1, 0.15) is 0 Å². The van der Waals surface area contributed by atoms with Crippen molar-refractivity contribution >= 4 is 17.9 Å². The summed E-state index contributed by atoms with van der Waals surface area (Å²) < 4.78 is 0.849. The quantitative estimate of drug-likeness (QED) is 0.0442. The number of carboxylic acid groups (broad SMARTS) is 3. The second-order valence-corrected chi connectivity index (χ2v) is 12.5. The van der Waals surface area contributed by atoms with Crippen LogP contribution in [0.4, 0.5) is 0 Å². The first kappa shape index (κ1) is 40.1. The molecule has 0 aromatic carbocycles. The van der Waals surface area contributed by atoms with Crippen LogP contribution in [0.2, 0.25) is 0 Å². The van der Waals surface area contributed by atoms with Crippen LogP contribution in [0.5, 0.6) is 0 Å². The Morgan fingerprint density at radius 1 is 0.476 bits per heavy atom. The predicted octanol–water partition coefficient (Wildman–Crippen LogP) is 8.05. The zero-order valence-corrected chi connectivity index (χ0v) is 27.0. The van der Waals surface area contributed by atoms with Gasteiger partial charge in [0.25, 0.3) is 0 Å². The highest BCUT2D eigenvalue weighted by Gasteiger charge is 2.26. The summed E-state index contributed by atoms with van der Waals surface area (Å²) in [5.41, 5.74) is 0. The summed E-state index contributed by atoms with van der Waals surface area (Å²) in [6.45, 7) is 7.40. The number of hydrogen-bond donors (Lipinski definition) is 2. The van der Waals surface area contributed by atoms with E-state index in [1.165, 1.54) is 96.3 Å². The minimum atomic E-state index is -1.02. The Morgan fingerprint density at radius 3 is 1.07 bits per heavy atom. The number of hydrogen-bond acceptors (Lipinski definition) is 4. The van der Waals surface area contributed by atoms with E-state index < -0.39 is 17.9 Å². The first-order valence-corrected chi connectivity index (χ1v) is 17.4. The average molecular weight is 596 g/mol. The summed E-state index contributed by atoms with van der Waals surface area (Å²) in [7, 11) is 0. The average Bonchev–Trinajstić information content (AvgIpc) is 2.94. The smallest absolute Gasteiger partial charge is 0.303 e. The number of carboxylic acids is 3. The van der Waals surface area contributed by atoms with Gasteiger partial charge in [-0.3, -0.25) is 9.59 Å². The molecule has 2 N–H and O–H groups in total. The van der Waals surface area contributed by atoms with Gasteiger partial charge >= 0.3 is 11.9 Å². The fourth-order valence-corrected chi connectivity index (χ4v) is 6.05. The predicted molar refractivity (Wildman–Crippen MR) is 170 cm³/mol. The molecule has 0 aromatic rings. The number of nitrogens with zero attached hydrogens (tertiary/aromatic N) is 1. The Labute approximate surface area is 257 Å². The third-order valence-electron chi connectivity index (χ3n) is 8.60. The Kier molecular flexibility index (Phi) is 27.9. The van der Waals surface area contributed by atoms with Gasteiger partial charge in [0, 0.05) is 18.8 Å². The Morgan fingerprint density at radius 2 is 0.762 bits per heavy atom. The number of aliphatic carboxylic acids is 3. The highest BCUT2D eigenvalue weighted by molar-refractivity contribution is 5.66. The maximum Gasteiger partial charge on any atom is 0.303 e. The maximum atomic E-state index is 11.0. The van der Waals surface area contributed by atoms with Crippen molar-refractivity contribution in [3.8, 4) is 0 Å². The third-order valence-corrected chi connectivity index (χ3v) is 8.60. The van der Waals surface area contributed by atoms with E-state index in [2.05, 4.69) is 6.58 Å². The van der Waals surface area contributed by atoms with Crippen molar-refractivity contribution in [2.75, 3.05) is 26.2 Å². The van der Waals surface area contributed by atoms with Gasteiger partial charge < -0.3 is 24.6 Å². The molecule has 0 heterocycles. The van der Waals surface area contributed by atoms with Crippen LogP contribution in [-0.4, -0.2) is 58.8 Å². The van der Waals surface area contributed by atoms with Crippen molar-refractivity contribution in [3.63, 3.8) is 0 Å². The lowest BCUT2D eigenvalue weighted by atomic mass is 10.0. The standard InChI is InChI=1S/C35H65NO6/c1-2-3-4-5-6-7-8-9-10-11-12-13-14-15-16-17-18-22-29-36(30-23-19-26-33(37)38,31-24-20-27-34(39)40)32-25-21-28-35(41)42/h2H,1,3-32H2,(H2-,37,38,39,40,41,42). The molecule has 0 aromatic heterocycles. The SMILES string of the molecule is C=CCCCCCCCCCCCCCCCCCC[N+](CCCCC(=O)[O-])(CCCCC(=O)O)CCCCC(=O)O. The van der Waals surface area contributed by atoms with Gasteiger partial charge in [-0.1, -0.05) is 89.5 Å². The number of rotatable bonds is 34. The zero-order valence-electron chi connectivity index (χ0n) is 27.0. The summed E-state index contributed by atoms with van der Waals surface area (Å²) in [4.78, 5) is 32.9. The Hall–Kier alpha value is -1.89. The minimum Gasteiger partial charge on any atom is -0.550 e. The van der Waals surface area contributed by atoms with Crippen molar-refractivity contribution < 1.29 is 34.2 Å². The number of unbranched alkanes of at least 4 members (excludes halogenated alkanes) is 19. The molecule has 0 aliphatic rings. The maximum absolute atomic E-state index is 11.0. The van der Waals surface area contributed by atoms with E-state index in [4.69, 9.17) is 10.2 Å². The molecular formula is C35H65NO6. The molecule has 0 unspecified atom stereocenters. The lowest BCUT2D eigenvalue weighted by molar-refractivity contribution is -0.929. The van der Waals surface area contributed by atoms with Gasteiger partial charge in [-0.15, -0.1) is 6.58 Å². The molecule has 0 rings (SSSR count). The molecule has 0 bridgehead atoms. The van der Waals surface area contributed by atoms with Crippen LogP contribution >= 0.6 is 0 Å². The number of quaternary nitrogens is 1. The molecule has 0 spiro atoms. The molecule has 0 atom stereocenters. The second kappa shape index (κ2) is 29.2. The van der Waals surface area contributed by atoms with Gasteiger partial charge in [0.15, 0.2) is 0 Å². The van der Waals surface area contributed by atoms with Gasteiger partial charge in [-0.05, 0) is 70.6 Å². The van der Waals surface area contributed by atoms with Gasteiger partial charge in [0.2, 0.25) is 0 Å². The Bertz CT molecular complexity index is 625. The van der Waals surface area contributed by atoms with Crippen LogP contribution in [0, 0.1) is 0 Å². The van der Waals surface area contributed by atoms with Crippen LogP contribution in [0.1, 0.15) is 167 Å². The van der Waals surface area contributed by atoms with Crippen molar-refractivity contribution in [2.45, 2.75) is 167 Å². The van der Waals surface area contributed by atoms with Gasteiger partial charge in [-0.2, -0.15) is 0 Å². The van der Waals surface area contributed by atoms with Crippen LogP contribution in [0.3, 0.4) is 0 Å². The molecule has 0 radical (unpaired) electrons. The van der Waals surface area contributed by atoms with Crippen LogP contribution in [0.15, 0.2) is 12.7 Å². The largest absolute Gasteiger partial charge is 0.550 e. The fourth-order valence-electron chi connectivity index (χ4n) is 6.05. The van der Waals surface area contributed by atoms with Crippen molar-refractivity contribution in [2.24, 2.45) is 0 Å². The molecular weight excluding hydrogens is 530 g/mol. The topological polar surface area (TPSA) is 115 Å². The summed E-state index contributed by atoms with van der Waals surface area (Å²) in [6.07, 6.45) is 28.9. The number of allylic oxidation sites excluding steroid dienone is 1. The highest BCUT2D eigenvalue weighted by atomic mass is 16.4. The third kappa shape index (κ3) is 28.2. The zero-order chi connectivity index (χ0) is 31.2. The van der Waals surface area contributed by atoms with E-state index in [1.807, 2.05) is 6.08 Å². The molecule has 7 heteroatoms. The molecule has 246 valence electrons. The molecule has 7 nitrogen and oxygen atoms in total. The molecule has 0 amide bonds. The lowest BCUT2D eigenvalue weighted by Gasteiger charge is -2.39. The van der Waals surface area contributed by atoms with E-state index in [0.29, 0.717) is 19.3 Å². The van der Waals surface area contributed by atoms with Crippen molar-refractivity contribution in [3.05, 3.63) is 12.7 Å². The minimum absolute atomic E-state index is 0.0642. The van der Waals surface area contributed by atoms with E-state index >= 15 is 0 Å². The summed E-state index contributed by atoms with van der Waals surface area (Å²) in [5, 5.41) is 29.0. The monoisotopic (exact) mass is 595 g/mol. The van der Waals surface area contributed by atoms with E-state index in [0.717, 1.165) is 62.8 Å². The van der Waals surface area contributed by atoms with Crippen LogP contribution < -0.4 is 5.11 Å². The summed E-state index contributed by atoms with van der Waals surface area (Å²) >= 11 is 0. The van der Waals surface area contributed by atoms with Gasteiger partial charge in [-0.25, -0.2) is 0 Å². The summed E-state index contributed by atoms with van der Waals surface area (Å²) in [5.74, 6) is -2.56.